The van der Waals surface area contributed by atoms with Crippen molar-refractivity contribution in [3.05, 3.63) is 83.9 Å². The number of nitrogens with one attached hydrogen (secondary N) is 1. The Morgan fingerprint density at radius 2 is 1.71 bits per heavy atom. The number of anilines is 2. The highest BCUT2D eigenvalue weighted by Crippen LogP contribution is 2.44. The summed E-state index contributed by atoms with van der Waals surface area (Å²) >= 11 is 0. The van der Waals surface area contributed by atoms with E-state index in [0.29, 0.717) is 16.9 Å². The second-order valence-electron chi connectivity index (χ2n) is 8.50. The first-order valence-electron chi connectivity index (χ1n) is 11.2. The summed E-state index contributed by atoms with van der Waals surface area (Å²) in [6.07, 6.45) is -1.22. The lowest BCUT2D eigenvalue weighted by Gasteiger charge is -2.27. The molecule has 0 saturated carbocycles. The number of nitrogen functional groups attached to an aromatic ring is 1. The molecule has 3 aromatic rings. The minimum absolute atomic E-state index is 0.113. The molecule has 0 aliphatic carbocycles. The monoisotopic (exact) mass is 457 g/mol. The first kappa shape index (κ1) is 23.2. The summed E-state index contributed by atoms with van der Waals surface area (Å²) in [5, 5.41) is 12.9. The molecule has 4 N–H and O–H groups in total. The van der Waals surface area contributed by atoms with E-state index in [-0.39, 0.29) is 6.42 Å². The van der Waals surface area contributed by atoms with Crippen molar-refractivity contribution in [2.45, 2.75) is 38.3 Å². The van der Waals surface area contributed by atoms with E-state index in [0.717, 1.165) is 21.6 Å². The molecule has 0 radical (unpaired) electrons. The number of nitrogens with zero attached hydrogens (tertiary/aromatic N) is 1. The molecule has 1 heterocycles. The number of aliphatic hydroxyl groups is 1. The molecule has 1 aliphatic rings. The van der Waals surface area contributed by atoms with E-state index in [1.165, 1.54) is 6.92 Å². The molecule has 0 bridgehead atoms. The third-order valence-corrected chi connectivity index (χ3v) is 6.13. The Balaban J connectivity index is 1.62. The molecule has 3 amide bonds. The van der Waals surface area contributed by atoms with E-state index < -0.39 is 35.8 Å². The number of hydrogen-bond donors (Lipinski definition) is 3. The van der Waals surface area contributed by atoms with Crippen LogP contribution < -0.4 is 16.0 Å². The second-order valence-corrected chi connectivity index (χ2v) is 8.50. The third-order valence-electron chi connectivity index (χ3n) is 6.13. The van der Waals surface area contributed by atoms with Crippen molar-refractivity contribution in [3.8, 4) is 11.1 Å². The predicted molar refractivity (Wildman–Crippen MR) is 131 cm³/mol. The number of carbonyl (C=O) groups is 3. The van der Waals surface area contributed by atoms with Crippen molar-refractivity contribution in [1.82, 2.24) is 5.32 Å². The lowest BCUT2D eigenvalue weighted by molar-refractivity contribution is -0.134. The van der Waals surface area contributed by atoms with Crippen LogP contribution in [0.15, 0.2) is 72.8 Å². The molecule has 1 aliphatic heterocycles. The molecule has 0 spiro atoms. The topological polar surface area (TPSA) is 113 Å². The fourth-order valence-corrected chi connectivity index (χ4v) is 4.31. The maximum absolute atomic E-state index is 13.5. The zero-order valence-corrected chi connectivity index (χ0v) is 19.1. The maximum Gasteiger partial charge on any atom is 0.256 e. The summed E-state index contributed by atoms with van der Waals surface area (Å²) in [6.45, 7) is 3.24. The van der Waals surface area contributed by atoms with Gasteiger partial charge in [-0.15, -0.1) is 0 Å². The van der Waals surface area contributed by atoms with Crippen LogP contribution in [-0.2, 0) is 20.8 Å². The third kappa shape index (κ3) is 4.30. The van der Waals surface area contributed by atoms with Gasteiger partial charge in [-0.1, -0.05) is 60.7 Å². The Labute approximate surface area is 198 Å². The quantitative estimate of drug-likeness (QED) is 0.510. The van der Waals surface area contributed by atoms with Gasteiger partial charge in [0.2, 0.25) is 11.8 Å². The van der Waals surface area contributed by atoms with Gasteiger partial charge in [0.05, 0.1) is 11.6 Å². The number of fused-ring (bicyclic) bond motifs is 3. The predicted octanol–water partition coefficient (Wildman–Crippen LogP) is 3.02. The van der Waals surface area contributed by atoms with Gasteiger partial charge in [0, 0.05) is 17.7 Å². The van der Waals surface area contributed by atoms with Crippen molar-refractivity contribution in [3.63, 3.8) is 0 Å². The molecule has 4 rings (SSSR count). The van der Waals surface area contributed by atoms with E-state index in [1.807, 2.05) is 42.5 Å². The van der Waals surface area contributed by atoms with Crippen LogP contribution in [0.3, 0.4) is 0 Å². The van der Waals surface area contributed by atoms with Crippen LogP contribution in [-0.4, -0.2) is 35.0 Å². The zero-order valence-electron chi connectivity index (χ0n) is 19.1. The Bertz CT molecular complexity index is 1240. The summed E-state index contributed by atoms with van der Waals surface area (Å²) in [6, 6.07) is 20.6. The normalized spacial score (nSPS) is 16.6. The Morgan fingerprint density at radius 3 is 2.44 bits per heavy atom. The van der Waals surface area contributed by atoms with Gasteiger partial charge in [0.15, 0.2) is 0 Å². The molecule has 7 heteroatoms. The number of carbonyl (C=O) groups excluding carboxylic acids is 3. The molecule has 7 nitrogen and oxygen atoms in total. The van der Waals surface area contributed by atoms with E-state index in [2.05, 4.69) is 5.32 Å². The van der Waals surface area contributed by atoms with Crippen LogP contribution in [0, 0.1) is 0 Å². The smallest absolute Gasteiger partial charge is 0.256 e. The standard InChI is InChI=1S/C27H27N3O4/c1-16-19-11-6-7-12-20(19)24-21(28)13-8-14-22(24)30(26(16)33)27(34)17(2)29-25(32)23(31)15-18-9-4-3-5-10-18/h3-14,16-17,23,31H,15,28H2,1-2H3,(H,29,32)/t16?,17-,23?/m0/s1. The summed E-state index contributed by atoms with van der Waals surface area (Å²) in [4.78, 5) is 40.7. The average molecular weight is 458 g/mol. The number of imide groups is 1. The first-order valence-corrected chi connectivity index (χ1v) is 11.2. The molecule has 2 unspecified atom stereocenters. The van der Waals surface area contributed by atoms with Gasteiger partial charge < -0.3 is 16.2 Å². The largest absolute Gasteiger partial charge is 0.398 e. The molecule has 0 fully saturated rings. The number of nitrogens with two attached hydrogens (primary N) is 1. The number of rotatable bonds is 5. The van der Waals surface area contributed by atoms with E-state index >= 15 is 0 Å². The molecule has 34 heavy (non-hydrogen) atoms. The van der Waals surface area contributed by atoms with Crippen molar-refractivity contribution in [1.29, 1.82) is 0 Å². The zero-order chi connectivity index (χ0) is 24.4. The highest BCUT2D eigenvalue weighted by Gasteiger charge is 2.38. The SMILES string of the molecule is CC1C(=O)N(C(=O)[C@H](C)NC(=O)C(O)Cc2ccccc2)c2cccc(N)c2-c2ccccc21. The number of hydrogen-bond acceptors (Lipinski definition) is 5. The summed E-state index contributed by atoms with van der Waals surface area (Å²) < 4.78 is 0. The van der Waals surface area contributed by atoms with E-state index in [4.69, 9.17) is 5.73 Å². The number of benzene rings is 3. The number of amides is 3. The molecule has 0 aromatic heterocycles. The lowest BCUT2D eigenvalue weighted by atomic mass is 9.92. The summed E-state index contributed by atoms with van der Waals surface area (Å²) in [5.41, 5.74) is 10.1. The lowest BCUT2D eigenvalue weighted by Crippen LogP contribution is -2.52. The Hall–Kier alpha value is -3.97. The van der Waals surface area contributed by atoms with Crippen molar-refractivity contribution in [2.24, 2.45) is 0 Å². The van der Waals surface area contributed by atoms with Gasteiger partial charge >= 0.3 is 0 Å². The van der Waals surface area contributed by atoms with Crippen molar-refractivity contribution in [2.75, 3.05) is 10.6 Å². The van der Waals surface area contributed by atoms with Crippen molar-refractivity contribution >= 4 is 29.1 Å². The van der Waals surface area contributed by atoms with Crippen LogP contribution in [0.25, 0.3) is 11.1 Å². The highest BCUT2D eigenvalue weighted by molar-refractivity contribution is 6.22. The first-order chi connectivity index (χ1) is 16.3. The fraction of sp³-hybridized carbons (Fsp3) is 0.222. The van der Waals surface area contributed by atoms with Crippen LogP contribution >= 0.6 is 0 Å². The molecule has 0 saturated heterocycles. The highest BCUT2D eigenvalue weighted by atomic mass is 16.3. The van der Waals surface area contributed by atoms with Crippen molar-refractivity contribution < 1.29 is 19.5 Å². The second kappa shape index (κ2) is 9.49. The van der Waals surface area contributed by atoms with E-state index in [9.17, 15) is 19.5 Å². The van der Waals surface area contributed by atoms with Crippen LogP contribution in [0.5, 0.6) is 0 Å². The molecular weight excluding hydrogens is 430 g/mol. The fourth-order valence-electron chi connectivity index (χ4n) is 4.31. The van der Waals surface area contributed by atoms with E-state index in [1.54, 1.807) is 37.3 Å². The minimum atomic E-state index is -1.33. The maximum atomic E-state index is 13.5. The van der Waals surface area contributed by atoms with Gasteiger partial charge in [-0.05, 0) is 42.7 Å². The number of aliphatic hydroxyl groups excluding tert-OH is 1. The van der Waals surface area contributed by atoms with Crippen LogP contribution in [0.1, 0.15) is 30.9 Å². The van der Waals surface area contributed by atoms with Gasteiger partial charge in [0.1, 0.15) is 12.1 Å². The van der Waals surface area contributed by atoms with Gasteiger partial charge in [-0.2, -0.15) is 0 Å². The molecular formula is C27H27N3O4. The van der Waals surface area contributed by atoms with Crippen LogP contribution in [0.4, 0.5) is 11.4 Å². The Morgan fingerprint density at radius 1 is 1.03 bits per heavy atom. The summed E-state index contributed by atoms with van der Waals surface area (Å²) in [7, 11) is 0. The minimum Gasteiger partial charge on any atom is -0.398 e. The van der Waals surface area contributed by atoms with Crippen LogP contribution in [0.2, 0.25) is 0 Å². The molecule has 3 atom stereocenters. The Kier molecular flexibility index (Phi) is 6.47. The van der Waals surface area contributed by atoms with Gasteiger partial charge in [-0.3, -0.25) is 14.4 Å². The average Bonchev–Trinajstić information content (AvgIpc) is 2.93. The molecule has 3 aromatic carbocycles. The summed E-state index contributed by atoms with van der Waals surface area (Å²) in [5.74, 6) is -2.29. The molecule has 174 valence electrons. The van der Waals surface area contributed by atoms with Gasteiger partial charge in [-0.25, -0.2) is 4.90 Å². The van der Waals surface area contributed by atoms with Gasteiger partial charge in [0.25, 0.3) is 5.91 Å².